The Hall–Kier alpha value is -3.15. The van der Waals surface area contributed by atoms with E-state index in [-0.39, 0.29) is 24.8 Å². The smallest absolute Gasteiger partial charge is 0.243 e. The molecule has 0 bridgehead atoms. The minimum absolute atomic E-state index is 0.135. The number of carbonyl (C=O) groups excluding carboxylic acids is 2. The van der Waals surface area contributed by atoms with Crippen molar-refractivity contribution in [2.24, 2.45) is 5.10 Å². The molecule has 2 aromatic carbocycles. The molecule has 0 spiro atoms. The molecule has 0 unspecified atom stereocenters. The van der Waals surface area contributed by atoms with Crippen LogP contribution in [-0.2, 0) is 9.59 Å². The Balaban J connectivity index is 1.88. The van der Waals surface area contributed by atoms with Crippen LogP contribution in [0.15, 0.2) is 53.6 Å². The fraction of sp³-hybridized carbons (Fsp3) is 0.286. The average molecular weight is 365 g/mol. The van der Waals surface area contributed by atoms with Gasteiger partial charge in [-0.3, -0.25) is 4.79 Å². The highest BCUT2D eigenvalue weighted by Gasteiger charge is 2.32. The molecule has 0 N–H and O–H groups in total. The quantitative estimate of drug-likeness (QED) is 0.786. The number of hydrazone groups is 1. The van der Waals surface area contributed by atoms with Gasteiger partial charge in [-0.25, -0.2) is 5.01 Å². The summed E-state index contributed by atoms with van der Waals surface area (Å²) in [5, 5.41) is 16.7. The van der Waals surface area contributed by atoms with Crippen LogP contribution in [0.3, 0.4) is 0 Å². The standard InChI is InChI=1S/C21H22N2O4/c1-14-3-5-16(6-4-14)19-13-18(15-7-9-17(27-2)10-8-15)22-23(19)20(24)11-12-21(25)26/h3-10,19H,11-13H2,1-2H3,(H,25,26)/p-1/t19-/m0/s1. The summed E-state index contributed by atoms with van der Waals surface area (Å²) >= 11 is 0. The molecule has 0 saturated heterocycles. The van der Waals surface area contributed by atoms with E-state index < -0.39 is 5.97 Å². The summed E-state index contributed by atoms with van der Waals surface area (Å²) in [6.07, 6.45) is 0.111. The van der Waals surface area contributed by atoms with Gasteiger partial charge in [-0.1, -0.05) is 29.8 Å². The Morgan fingerprint density at radius 1 is 1.11 bits per heavy atom. The lowest BCUT2D eigenvalue weighted by molar-refractivity contribution is -0.305. The Labute approximate surface area is 158 Å². The van der Waals surface area contributed by atoms with E-state index in [2.05, 4.69) is 5.10 Å². The fourth-order valence-corrected chi connectivity index (χ4v) is 3.07. The highest BCUT2D eigenvalue weighted by Crippen LogP contribution is 2.33. The van der Waals surface area contributed by atoms with Crippen LogP contribution in [0.5, 0.6) is 5.75 Å². The maximum Gasteiger partial charge on any atom is 0.243 e. The van der Waals surface area contributed by atoms with E-state index in [4.69, 9.17) is 4.74 Å². The topological polar surface area (TPSA) is 82.0 Å². The molecule has 2 aromatic rings. The predicted molar refractivity (Wildman–Crippen MR) is 99.2 cm³/mol. The van der Waals surface area contributed by atoms with Gasteiger partial charge in [0.05, 0.1) is 18.9 Å². The number of amides is 1. The summed E-state index contributed by atoms with van der Waals surface area (Å²) in [6, 6.07) is 15.2. The van der Waals surface area contributed by atoms with E-state index in [1.807, 2.05) is 55.5 Å². The molecular formula is C21H21N2O4-. The minimum atomic E-state index is -1.24. The number of aliphatic carboxylic acids is 1. The number of carboxylic acids is 1. The first kappa shape index (κ1) is 18.6. The second-order valence-corrected chi connectivity index (χ2v) is 6.52. The highest BCUT2D eigenvalue weighted by atomic mass is 16.5. The van der Waals surface area contributed by atoms with Gasteiger partial charge in [0.15, 0.2) is 0 Å². The van der Waals surface area contributed by atoms with Crippen LogP contribution >= 0.6 is 0 Å². The first-order valence-corrected chi connectivity index (χ1v) is 8.78. The Kier molecular flexibility index (Phi) is 5.54. The average Bonchev–Trinajstić information content (AvgIpc) is 3.12. The van der Waals surface area contributed by atoms with E-state index in [1.54, 1.807) is 7.11 Å². The molecule has 6 heteroatoms. The summed E-state index contributed by atoms with van der Waals surface area (Å²) in [4.78, 5) is 23.3. The van der Waals surface area contributed by atoms with Crippen molar-refractivity contribution >= 4 is 17.6 Å². The third-order valence-electron chi connectivity index (χ3n) is 4.59. The second kappa shape index (κ2) is 8.03. The number of benzene rings is 2. The minimum Gasteiger partial charge on any atom is -0.550 e. The molecule has 1 aliphatic rings. The molecule has 0 aromatic heterocycles. The van der Waals surface area contributed by atoms with Gasteiger partial charge in [0.1, 0.15) is 5.75 Å². The Morgan fingerprint density at radius 3 is 2.37 bits per heavy atom. The van der Waals surface area contributed by atoms with Gasteiger partial charge in [-0.2, -0.15) is 5.10 Å². The molecule has 1 atom stereocenters. The molecule has 1 aliphatic heterocycles. The highest BCUT2D eigenvalue weighted by molar-refractivity contribution is 6.03. The van der Waals surface area contributed by atoms with Gasteiger partial charge in [-0.15, -0.1) is 0 Å². The lowest BCUT2D eigenvalue weighted by Crippen LogP contribution is -2.29. The predicted octanol–water partition coefficient (Wildman–Crippen LogP) is 2.21. The van der Waals surface area contributed by atoms with Crippen LogP contribution in [-0.4, -0.2) is 29.7 Å². The number of rotatable bonds is 6. The number of carboxylic acid groups (broad SMARTS) is 1. The summed E-state index contributed by atoms with van der Waals surface area (Å²) in [7, 11) is 1.60. The van der Waals surface area contributed by atoms with Crippen LogP contribution in [0.1, 0.15) is 42.0 Å². The van der Waals surface area contributed by atoms with Gasteiger partial charge in [0, 0.05) is 18.8 Å². The molecule has 1 heterocycles. The molecular weight excluding hydrogens is 344 g/mol. The van der Waals surface area contributed by atoms with Crippen molar-refractivity contribution in [3.63, 3.8) is 0 Å². The molecule has 6 nitrogen and oxygen atoms in total. The Bertz CT molecular complexity index is 857. The zero-order chi connectivity index (χ0) is 19.4. The van der Waals surface area contributed by atoms with Gasteiger partial charge >= 0.3 is 0 Å². The molecule has 0 radical (unpaired) electrons. The Morgan fingerprint density at radius 2 is 1.78 bits per heavy atom. The number of aryl methyl sites for hydroxylation is 1. The van der Waals surface area contributed by atoms with Crippen molar-refractivity contribution in [3.8, 4) is 5.75 Å². The van der Waals surface area contributed by atoms with Crippen molar-refractivity contribution in [3.05, 3.63) is 65.2 Å². The number of methoxy groups -OCH3 is 1. The van der Waals surface area contributed by atoms with Gasteiger partial charge in [-0.05, 0) is 48.7 Å². The zero-order valence-electron chi connectivity index (χ0n) is 15.3. The molecule has 3 rings (SSSR count). The first-order valence-electron chi connectivity index (χ1n) is 8.78. The molecule has 1 amide bonds. The molecule has 27 heavy (non-hydrogen) atoms. The first-order chi connectivity index (χ1) is 13.0. The summed E-state index contributed by atoms with van der Waals surface area (Å²) in [5.41, 5.74) is 3.78. The molecule has 0 fully saturated rings. The normalized spacial score (nSPS) is 16.1. The van der Waals surface area contributed by atoms with E-state index in [0.29, 0.717) is 6.42 Å². The summed E-state index contributed by atoms with van der Waals surface area (Å²) in [5.74, 6) is -0.823. The lowest BCUT2D eigenvalue weighted by Gasteiger charge is -2.22. The van der Waals surface area contributed by atoms with Gasteiger partial charge < -0.3 is 14.6 Å². The van der Waals surface area contributed by atoms with Crippen molar-refractivity contribution in [2.45, 2.75) is 32.2 Å². The van der Waals surface area contributed by atoms with E-state index in [0.717, 1.165) is 28.2 Å². The number of carbonyl (C=O) groups is 2. The van der Waals surface area contributed by atoms with Gasteiger partial charge in [0.25, 0.3) is 0 Å². The van der Waals surface area contributed by atoms with Gasteiger partial charge in [0.2, 0.25) is 5.91 Å². The van der Waals surface area contributed by atoms with Crippen molar-refractivity contribution in [2.75, 3.05) is 7.11 Å². The summed E-state index contributed by atoms with van der Waals surface area (Å²) in [6.45, 7) is 2.00. The maximum absolute atomic E-state index is 12.6. The third kappa shape index (κ3) is 4.34. The molecule has 0 aliphatic carbocycles. The van der Waals surface area contributed by atoms with Crippen molar-refractivity contribution < 1.29 is 19.4 Å². The molecule has 0 saturated carbocycles. The van der Waals surface area contributed by atoms with Crippen LogP contribution in [0.2, 0.25) is 0 Å². The summed E-state index contributed by atoms with van der Waals surface area (Å²) < 4.78 is 5.18. The number of hydrogen-bond acceptors (Lipinski definition) is 5. The lowest BCUT2D eigenvalue weighted by atomic mass is 9.97. The second-order valence-electron chi connectivity index (χ2n) is 6.52. The zero-order valence-corrected chi connectivity index (χ0v) is 15.3. The van der Waals surface area contributed by atoms with E-state index in [9.17, 15) is 14.7 Å². The van der Waals surface area contributed by atoms with Crippen LogP contribution < -0.4 is 9.84 Å². The van der Waals surface area contributed by atoms with Crippen LogP contribution in [0.4, 0.5) is 0 Å². The van der Waals surface area contributed by atoms with Crippen molar-refractivity contribution in [1.29, 1.82) is 0 Å². The monoisotopic (exact) mass is 365 g/mol. The van der Waals surface area contributed by atoms with Crippen molar-refractivity contribution in [1.82, 2.24) is 5.01 Å². The maximum atomic E-state index is 12.6. The van der Waals surface area contributed by atoms with E-state index in [1.165, 1.54) is 5.01 Å². The number of nitrogens with zero attached hydrogens (tertiary/aromatic N) is 2. The number of hydrogen-bond donors (Lipinski definition) is 0. The SMILES string of the molecule is COc1ccc(C2=NN(C(=O)CCC(=O)[O-])[C@H](c3ccc(C)cc3)C2)cc1. The fourth-order valence-electron chi connectivity index (χ4n) is 3.07. The largest absolute Gasteiger partial charge is 0.550 e. The molecule has 140 valence electrons. The third-order valence-corrected chi connectivity index (χ3v) is 4.59. The number of ether oxygens (including phenoxy) is 1. The van der Waals surface area contributed by atoms with E-state index >= 15 is 0 Å². The van der Waals surface area contributed by atoms with Crippen LogP contribution in [0.25, 0.3) is 0 Å². The van der Waals surface area contributed by atoms with Crippen LogP contribution in [0, 0.1) is 6.92 Å².